The lowest BCUT2D eigenvalue weighted by atomic mass is 9.90. The third-order valence-corrected chi connectivity index (χ3v) is 6.69. The fourth-order valence-corrected chi connectivity index (χ4v) is 5.00. The molecular formula is C15H25NO4S. The Labute approximate surface area is 130 Å². The second-order valence-corrected chi connectivity index (χ2v) is 7.84. The van der Waals surface area contributed by atoms with E-state index in [1.807, 2.05) is 11.8 Å². The molecule has 0 bridgehead atoms. The van der Waals surface area contributed by atoms with Crippen molar-refractivity contribution in [3.63, 3.8) is 0 Å². The molecule has 21 heavy (non-hydrogen) atoms. The summed E-state index contributed by atoms with van der Waals surface area (Å²) in [5.41, 5.74) is 6.44. The van der Waals surface area contributed by atoms with Gasteiger partial charge in [0.2, 0.25) is 0 Å². The van der Waals surface area contributed by atoms with Crippen LogP contribution in [-0.4, -0.2) is 49.1 Å². The molecule has 1 aliphatic heterocycles. The van der Waals surface area contributed by atoms with Gasteiger partial charge in [-0.1, -0.05) is 0 Å². The third-order valence-electron chi connectivity index (χ3n) is 4.97. The van der Waals surface area contributed by atoms with Crippen LogP contribution in [0.4, 0.5) is 0 Å². The summed E-state index contributed by atoms with van der Waals surface area (Å²) in [6.45, 7) is 1.39. The fourth-order valence-electron chi connectivity index (χ4n) is 3.29. The Balaban J connectivity index is 1.53. The summed E-state index contributed by atoms with van der Waals surface area (Å²) in [4.78, 5) is 11.5. The Morgan fingerprint density at radius 1 is 1.33 bits per heavy atom. The van der Waals surface area contributed by atoms with Crippen molar-refractivity contribution in [1.29, 1.82) is 0 Å². The number of esters is 1. The molecule has 0 aromatic rings. The molecule has 2 unspecified atom stereocenters. The van der Waals surface area contributed by atoms with Gasteiger partial charge < -0.3 is 19.9 Å². The molecule has 120 valence electrons. The van der Waals surface area contributed by atoms with Gasteiger partial charge in [-0.15, -0.1) is 0 Å². The minimum atomic E-state index is -0.382. The average Bonchev–Trinajstić information content (AvgIpc) is 3.10. The van der Waals surface area contributed by atoms with Crippen LogP contribution in [0.15, 0.2) is 0 Å². The van der Waals surface area contributed by atoms with E-state index < -0.39 is 0 Å². The number of rotatable bonds is 5. The summed E-state index contributed by atoms with van der Waals surface area (Å²) >= 11 is 1.90. The summed E-state index contributed by atoms with van der Waals surface area (Å²) in [5.74, 6) is 0.503. The minimum Gasteiger partial charge on any atom is -0.469 e. The summed E-state index contributed by atoms with van der Waals surface area (Å²) in [7, 11) is 1.46. The van der Waals surface area contributed by atoms with Gasteiger partial charge >= 0.3 is 5.97 Å². The average molecular weight is 315 g/mol. The predicted molar refractivity (Wildman–Crippen MR) is 81.0 cm³/mol. The van der Waals surface area contributed by atoms with Crippen LogP contribution in [0.5, 0.6) is 0 Å². The first-order chi connectivity index (χ1) is 10.1. The van der Waals surface area contributed by atoms with Crippen molar-refractivity contribution in [3.05, 3.63) is 0 Å². The van der Waals surface area contributed by atoms with Crippen LogP contribution in [0.1, 0.15) is 38.5 Å². The number of nitrogens with two attached hydrogens (primary N) is 1. The molecule has 1 heterocycles. The zero-order valence-corrected chi connectivity index (χ0v) is 13.5. The summed E-state index contributed by atoms with van der Waals surface area (Å²) < 4.78 is 16.5. The van der Waals surface area contributed by atoms with E-state index in [9.17, 15) is 4.79 Å². The summed E-state index contributed by atoms with van der Waals surface area (Å²) in [6.07, 6.45) is 5.49. The smallest absolute Gasteiger partial charge is 0.306 e. The molecule has 0 radical (unpaired) electrons. The first-order valence-corrected chi connectivity index (χ1v) is 8.83. The lowest BCUT2D eigenvalue weighted by Gasteiger charge is -2.39. The van der Waals surface area contributed by atoms with E-state index in [1.165, 1.54) is 7.11 Å². The maximum absolute atomic E-state index is 11.5. The number of hydrogen-bond donors (Lipinski definition) is 1. The van der Waals surface area contributed by atoms with Crippen molar-refractivity contribution in [2.24, 2.45) is 11.1 Å². The van der Waals surface area contributed by atoms with E-state index in [0.717, 1.165) is 37.9 Å². The Bertz CT molecular complexity index is 393. The normalized spacial score (nSPS) is 33.0. The van der Waals surface area contributed by atoms with Crippen LogP contribution in [0.3, 0.4) is 0 Å². The molecule has 1 saturated heterocycles. The van der Waals surface area contributed by atoms with Crippen molar-refractivity contribution < 1.29 is 19.0 Å². The van der Waals surface area contributed by atoms with Crippen LogP contribution >= 0.6 is 11.8 Å². The van der Waals surface area contributed by atoms with E-state index in [4.69, 9.17) is 19.9 Å². The molecule has 2 saturated carbocycles. The van der Waals surface area contributed by atoms with E-state index in [1.54, 1.807) is 0 Å². The number of hydrogen-bond acceptors (Lipinski definition) is 6. The minimum absolute atomic E-state index is 0.0972. The Morgan fingerprint density at radius 3 is 2.67 bits per heavy atom. The largest absolute Gasteiger partial charge is 0.469 e. The lowest BCUT2D eigenvalue weighted by Crippen LogP contribution is -2.47. The monoisotopic (exact) mass is 315 g/mol. The fraction of sp³-hybridized carbons (Fsp3) is 0.933. The van der Waals surface area contributed by atoms with Gasteiger partial charge in [-0.05, 0) is 30.4 Å². The maximum atomic E-state index is 11.5. The highest BCUT2D eigenvalue weighted by Crippen LogP contribution is 2.53. The van der Waals surface area contributed by atoms with Gasteiger partial charge in [0.15, 0.2) is 5.79 Å². The van der Waals surface area contributed by atoms with Crippen LogP contribution < -0.4 is 5.73 Å². The predicted octanol–water partition coefficient (Wildman–Crippen LogP) is 1.69. The second kappa shape index (κ2) is 6.07. The molecule has 3 aliphatic rings. The molecular weight excluding hydrogens is 290 g/mol. The molecule has 3 fully saturated rings. The van der Waals surface area contributed by atoms with E-state index >= 15 is 0 Å². The highest BCUT2D eigenvalue weighted by atomic mass is 32.2. The summed E-state index contributed by atoms with van der Waals surface area (Å²) in [6, 6.07) is 0.197. The SMILES string of the molecule is COC(=O)CC1(CSC2CC3(CCC2N)OCCO3)CC1. The van der Waals surface area contributed by atoms with Crippen molar-refractivity contribution in [3.8, 4) is 0 Å². The van der Waals surface area contributed by atoms with Gasteiger partial charge in [-0.2, -0.15) is 11.8 Å². The van der Waals surface area contributed by atoms with Gasteiger partial charge in [-0.25, -0.2) is 0 Å². The van der Waals surface area contributed by atoms with Gasteiger partial charge in [0, 0.05) is 24.1 Å². The first-order valence-electron chi connectivity index (χ1n) is 7.78. The van der Waals surface area contributed by atoms with Crippen molar-refractivity contribution in [1.82, 2.24) is 0 Å². The van der Waals surface area contributed by atoms with Crippen molar-refractivity contribution in [2.75, 3.05) is 26.1 Å². The number of ether oxygens (including phenoxy) is 3. The molecule has 0 aromatic carbocycles. The second-order valence-electron chi connectivity index (χ2n) is 6.62. The Kier molecular flexibility index (Phi) is 4.50. The topological polar surface area (TPSA) is 70.8 Å². The Morgan fingerprint density at radius 2 is 2.05 bits per heavy atom. The van der Waals surface area contributed by atoms with Gasteiger partial charge in [0.25, 0.3) is 0 Å². The third kappa shape index (κ3) is 3.55. The van der Waals surface area contributed by atoms with Crippen LogP contribution in [0.2, 0.25) is 0 Å². The first kappa shape index (κ1) is 15.6. The maximum Gasteiger partial charge on any atom is 0.306 e. The highest BCUT2D eigenvalue weighted by molar-refractivity contribution is 8.00. The number of methoxy groups -OCH3 is 1. The molecule has 3 rings (SSSR count). The molecule has 5 nitrogen and oxygen atoms in total. The molecule has 6 heteroatoms. The highest BCUT2D eigenvalue weighted by Gasteiger charge is 2.48. The van der Waals surface area contributed by atoms with Crippen LogP contribution in [-0.2, 0) is 19.0 Å². The Hall–Kier alpha value is -0.300. The van der Waals surface area contributed by atoms with Gasteiger partial charge in [0.05, 0.1) is 26.7 Å². The zero-order chi connectivity index (χ0) is 14.9. The van der Waals surface area contributed by atoms with E-state index in [2.05, 4.69) is 0 Å². The molecule has 0 aromatic heterocycles. The van der Waals surface area contributed by atoms with Crippen LogP contribution in [0.25, 0.3) is 0 Å². The van der Waals surface area contributed by atoms with Gasteiger partial charge in [0.1, 0.15) is 0 Å². The molecule has 2 atom stereocenters. The lowest BCUT2D eigenvalue weighted by molar-refractivity contribution is -0.176. The van der Waals surface area contributed by atoms with Crippen molar-refractivity contribution in [2.45, 2.75) is 55.6 Å². The molecule has 1 spiro atoms. The van der Waals surface area contributed by atoms with Crippen molar-refractivity contribution >= 4 is 17.7 Å². The number of carbonyl (C=O) groups excluding carboxylic acids is 1. The quantitative estimate of drug-likeness (QED) is 0.779. The number of carbonyl (C=O) groups is 1. The van der Waals surface area contributed by atoms with E-state index in [-0.39, 0.29) is 23.2 Å². The molecule has 2 N–H and O–H groups in total. The zero-order valence-electron chi connectivity index (χ0n) is 12.6. The van der Waals surface area contributed by atoms with Gasteiger partial charge in [-0.3, -0.25) is 4.79 Å². The summed E-state index contributed by atoms with van der Waals surface area (Å²) in [5, 5.41) is 0.354. The standard InChI is InChI=1S/C15H25NO4S/c1-18-13(17)9-14(4-5-14)10-21-12-8-15(3-2-11(12)16)19-6-7-20-15/h11-12H,2-10,16H2,1H3. The molecule has 2 aliphatic carbocycles. The number of thioether (sulfide) groups is 1. The van der Waals surface area contributed by atoms with E-state index in [0.29, 0.717) is 24.9 Å². The molecule has 0 amide bonds. The van der Waals surface area contributed by atoms with Crippen LogP contribution in [0, 0.1) is 5.41 Å².